The van der Waals surface area contributed by atoms with E-state index in [2.05, 4.69) is 10.5 Å². The zero-order chi connectivity index (χ0) is 17.4. The number of hydrogen-bond acceptors (Lipinski definition) is 3. The summed E-state index contributed by atoms with van der Waals surface area (Å²) in [5, 5.41) is 6.63. The van der Waals surface area contributed by atoms with Crippen LogP contribution in [0.15, 0.2) is 47.6 Å². The van der Waals surface area contributed by atoms with Crippen LogP contribution in [0, 0.1) is 5.82 Å². The van der Waals surface area contributed by atoms with E-state index in [0.717, 1.165) is 29.7 Å². The van der Waals surface area contributed by atoms with Gasteiger partial charge in [0, 0.05) is 5.69 Å². The summed E-state index contributed by atoms with van der Waals surface area (Å²) in [4.78, 5) is 17.1. The fourth-order valence-electron chi connectivity index (χ4n) is 2.32. The molecule has 0 aliphatic heterocycles. The van der Waals surface area contributed by atoms with Crippen molar-refractivity contribution < 1.29 is 14.0 Å². The Hall–Kier alpha value is -2.69. The second kappa shape index (κ2) is 8.82. The van der Waals surface area contributed by atoms with E-state index in [1.54, 1.807) is 12.1 Å². The van der Waals surface area contributed by atoms with E-state index in [9.17, 15) is 9.18 Å². The average molecular weight is 328 g/mol. The van der Waals surface area contributed by atoms with Crippen LogP contribution in [0.2, 0.25) is 0 Å². The first-order valence-electron chi connectivity index (χ1n) is 7.95. The van der Waals surface area contributed by atoms with Crippen LogP contribution in [0.4, 0.5) is 10.1 Å². The van der Waals surface area contributed by atoms with Gasteiger partial charge in [0.25, 0.3) is 5.91 Å². The lowest BCUT2D eigenvalue weighted by Crippen LogP contribution is -2.19. The van der Waals surface area contributed by atoms with E-state index in [4.69, 9.17) is 4.84 Å². The van der Waals surface area contributed by atoms with Gasteiger partial charge < -0.3 is 10.2 Å². The summed E-state index contributed by atoms with van der Waals surface area (Å²) in [7, 11) is 0. The normalized spacial score (nSPS) is 10.8. The van der Waals surface area contributed by atoms with Gasteiger partial charge in [0.2, 0.25) is 0 Å². The number of nitrogens with one attached hydrogen (secondary N) is 1. The summed E-state index contributed by atoms with van der Waals surface area (Å²) in [6.07, 6.45) is 3.12. The number of hydrogen-bond donors (Lipinski definition) is 1. The second-order valence-electron chi connectivity index (χ2n) is 5.27. The molecule has 0 saturated heterocycles. The van der Waals surface area contributed by atoms with Gasteiger partial charge in [0.05, 0.1) is 6.21 Å². The fourth-order valence-corrected chi connectivity index (χ4v) is 2.32. The molecule has 4 nitrogen and oxygen atoms in total. The van der Waals surface area contributed by atoms with Crippen LogP contribution in [0.1, 0.15) is 30.5 Å². The molecule has 1 amide bonds. The quantitative estimate of drug-likeness (QED) is 0.618. The molecule has 24 heavy (non-hydrogen) atoms. The first-order valence-corrected chi connectivity index (χ1v) is 7.95. The van der Waals surface area contributed by atoms with E-state index in [0.29, 0.717) is 5.56 Å². The number of benzene rings is 2. The molecule has 0 saturated carbocycles. The molecule has 2 rings (SSSR count). The van der Waals surface area contributed by atoms with E-state index < -0.39 is 0 Å². The number of halogens is 1. The van der Waals surface area contributed by atoms with Crippen molar-refractivity contribution in [1.82, 2.24) is 0 Å². The van der Waals surface area contributed by atoms with Crippen molar-refractivity contribution in [3.05, 3.63) is 65.0 Å². The number of carbonyl (C=O) groups is 1. The summed E-state index contributed by atoms with van der Waals surface area (Å²) in [5.74, 6) is -0.573. The zero-order valence-corrected chi connectivity index (χ0v) is 13.9. The van der Waals surface area contributed by atoms with Crippen LogP contribution in [0.5, 0.6) is 0 Å². The molecular formula is C19H21FN2O2. The Balaban J connectivity index is 1.91. The number of oxime groups is 1. The van der Waals surface area contributed by atoms with E-state index in [-0.39, 0.29) is 18.3 Å². The number of carbonyl (C=O) groups excluding carboxylic acids is 1. The van der Waals surface area contributed by atoms with E-state index >= 15 is 0 Å². The third-order valence-corrected chi connectivity index (χ3v) is 3.61. The highest BCUT2D eigenvalue weighted by molar-refractivity contribution is 5.93. The van der Waals surface area contributed by atoms with Crippen molar-refractivity contribution in [1.29, 1.82) is 0 Å². The van der Waals surface area contributed by atoms with Gasteiger partial charge in [-0.2, -0.15) is 0 Å². The predicted octanol–water partition coefficient (Wildman–Crippen LogP) is 3.94. The van der Waals surface area contributed by atoms with Gasteiger partial charge >= 0.3 is 0 Å². The van der Waals surface area contributed by atoms with Crippen LogP contribution >= 0.6 is 0 Å². The van der Waals surface area contributed by atoms with Crippen LogP contribution in [-0.4, -0.2) is 18.7 Å². The molecule has 0 spiro atoms. The van der Waals surface area contributed by atoms with Gasteiger partial charge in [0.15, 0.2) is 6.61 Å². The van der Waals surface area contributed by atoms with Gasteiger partial charge in [-0.25, -0.2) is 4.39 Å². The van der Waals surface area contributed by atoms with Crippen molar-refractivity contribution in [3.8, 4) is 0 Å². The molecule has 0 radical (unpaired) electrons. The highest BCUT2D eigenvalue weighted by Crippen LogP contribution is 2.22. The number of anilines is 1. The van der Waals surface area contributed by atoms with Gasteiger partial charge in [-0.3, -0.25) is 4.79 Å². The number of nitrogens with zero attached hydrogens (tertiary/aromatic N) is 1. The summed E-state index contributed by atoms with van der Waals surface area (Å²) in [6, 6.07) is 11.8. The maximum absolute atomic E-state index is 12.8. The molecule has 2 aromatic carbocycles. The maximum Gasteiger partial charge on any atom is 0.265 e. The molecule has 0 atom stereocenters. The smallest absolute Gasteiger partial charge is 0.265 e. The standard InChI is InChI=1S/C19H21FN2O2/c1-3-15-6-5-7-16(4-2)19(15)22-18(23)13-24-21-12-14-8-10-17(20)11-9-14/h5-12H,3-4,13H2,1-2H3,(H,22,23)/b21-12+. The number of amides is 1. The largest absolute Gasteiger partial charge is 0.386 e. The zero-order valence-electron chi connectivity index (χ0n) is 13.9. The molecule has 1 N–H and O–H groups in total. The highest BCUT2D eigenvalue weighted by atomic mass is 19.1. The topological polar surface area (TPSA) is 50.7 Å². The lowest BCUT2D eigenvalue weighted by Gasteiger charge is -2.13. The molecule has 0 fully saturated rings. The Kier molecular flexibility index (Phi) is 6.49. The average Bonchev–Trinajstić information content (AvgIpc) is 2.60. The molecular weight excluding hydrogens is 307 g/mol. The van der Waals surface area contributed by atoms with Crippen molar-refractivity contribution in [3.63, 3.8) is 0 Å². The Morgan fingerprint density at radius 3 is 2.33 bits per heavy atom. The van der Waals surface area contributed by atoms with Crippen molar-refractivity contribution in [2.75, 3.05) is 11.9 Å². The number of rotatable bonds is 7. The molecule has 0 bridgehead atoms. The Morgan fingerprint density at radius 1 is 1.12 bits per heavy atom. The molecule has 0 aromatic heterocycles. The lowest BCUT2D eigenvalue weighted by molar-refractivity contribution is -0.120. The SMILES string of the molecule is CCc1cccc(CC)c1NC(=O)CO/N=C/c1ccc(F)cc1. The third kappa shape index (κ3) is 4.91. The molecule has 126 valence electrons. The van der Waals surface area contributed by atoms with Crippen LogP contribution < -0.4 is 5.32 Å². The second-order valence-corrected chi connectivity index (χ2v) is 5.27. The van der Waals surface area contributed by atoms with Crippen molar-refractivity contribution in [2.45, 2.75) is 26.7 Å². The Bertz CT molecular complexity index is 690. The Labute approximate surface area is 141 Å². The van der Waals surface area contributed by atoms with Crippen LogP contribution in [-0.2, 0) is 22.5 Å². The minimum atomic E-state index is -0.311. The van der Waals surface area contributed by atoms with Crippen LogP contribution in [0.3, 0.4) is 0 Å². The molecule has 0 aliphatic carbocycles. The highest BCUT2D eigenvalue weighted by Gasteiger charge is 2.10. The van der Waals surface area contributed by atoms with E-state index in [1.165, 1.54) is 18.3 Å². The minimum Gasteiger partial charge on any atom is -0.386 e. The van der Waals surface area contributed by atoms with Gasteiger partial charge in [0.1, 0.15) is 5.82 Å². The first kappa shape index (κ1) is 17.7. The molecule has 0 unspecified atom stereocenters. The molecule has 0 heterocycles. The molecule has 0 aliphatic rings. The van der Waals surface area contributed by atoms with E-state index in [1.807, 2.05) is 32.0 Å². The van der Waals surface area contributed by atoms with Gasteiger partial charge in [-0.1, -0.05) is 49.3 Å². The molecule has 2 aromatic rings. The summed E-state index contributed by atoms with van der Waals surface area (Å²) < 4.78 is 12.8. The van der Waals surface area contributed by atoms with Gasteiger partial charge in [-0.15, -0.1) is 0 Å². The minimum absolute atomic E-state index is 0.182. The van der Waals surface area contributed by atoms with Crippen molar-refractivity contribution in [2.24, 2.45) is 5.16 Å². The van der Waals surface area contributed by atoms with Crippen LogP contribution in [0.25, 0.3) is 0 Å². The summed E-state index contributed by atoms with van der Waals surface area (Å²) in [5.41, 5.74) is 3.75. The third-order valence-electron chi connectivity index (χ3n) is 3.61. The predicted molar refractivity (Wildman–Crippen MR) is 93.8 cm³/mol. The first-order chi connectivity index (χ1) is 11.6. The van der Waals surface area contributed by atoms with Gasteiger partial charge in [-0.05, 0) is 41.7 Å². The maximum atomic E-state index is 12.8. The molecule has 5 heteroatoms. The Morgan fingerprint density at radius 2 is 1.75 bits per heavy atom. The number of para-hydroxylation sites is 1. The monoisotopic (exact) mass is 328 g/mol. The van der Waals surface area contributed by atoms with Crippen molar-refractivity contribution >= 4 is 17.8 Å². The fraction of sp³-hybridized carbons (Fsp3) is 0.263. The summed E-state index contributed by atoms with van der Waals surface area (Å²) >= 11 is 0. The number of aryl methyl sites for hydroxylation is 2. The summed E-state index contributed by atoms with van der Waals surface area (Å²) in [6.45, 7) is 3.92. The lowest BCUT2D eigenvalue weighted by atomic mass is 10.0.